The molecular formula is C13H23ClN2O4Si. The summed E-state index contributed by atoms with van der Waals surface area (Å²) in [7, 11) is -1.86. The van der Waals surface area contributed by atoms with E-state index in [9.17, 15) is 10.1 Å². The summed E-state index contributed by atoms with van der Waals surface area (Å²) in [6.07, 6.45) is 4.33. The number of dihydropyridines is 1. The van der Waals surface area contributed by atoms with Crippen LogP contribution < -0.4 is 5.32 Å². The Hall–Kier alpha value is -0.893. The van der Waals surface area contributed by atoms with Gasteiger partial charge in [0.15, 0.2) is 8.32 Å². The van der Waals surface area contributed by atoms with Crippen molar-refractivity contribution in [1.82, 2.24) is 5.32 Å². The molecule has 1 N–H and O–H groups in total. The minimum absolute atomic E-state index is 0.101. The fraction of sp³-hybridized carbons (Fsp3) is 0.692. The average Bonchev–Trinajstić information content (AvgIpc) is 2.33. The summed E-state index contributed by atoms with van der Waals surface area (Å²) in [5.74, 6) is 0. The molecule has 0 aliphatic carbocycles. The molecular weight excluding hydrogens is 312 g/mol. The molecule has 0 amide bonds. The number of nitrogens with zero attached hydrogens (tertiary/aromatic N) is 1. The topological polar surface area (TPSA) is 73.6 Å². The van der Waals surface area contributed by atoms with Crippen LogP contribution in [0.3, 0.4) is 0 Å². The van der Waals surface area contributed by atoms with Crippen molar-refractivity contribution in [2.45, 2.75) is 44.1 Å². The zero-order chi connectivity index (χ0) is 16.3. The van der Waals surface area contributed by atoms with Crippen molar-refractivity contribution < 1.29 is 14.1 Å². The first-order valence-electron chi connectivity index (χ1n) is 6.76. The van der Waals surface area contributed by atoms with Crippen molar-refractivity contribution in [3.05, 3.63) is 34.2 Å². The smallest absolute Gasteiger partial charge is 0.315 e. The van der Waals surface area contributed by atoms with Gasteiger partial charge in [-0.2, -0.15) is 0 Å². The second kappa shape index (κ2) is 6.47. The standard InChI is InChI=1S/C13H23ClN2O4Si/c1-12(2,3)21(4,5)20-10-9-19-13(14)11(16(17)18)7-6-8-15-13/h6-8,15H,9-10H2,1-5H3. The molecule has 120 valence electrons. The van der Waals surface area contributed by atoms with Crippen molar-refractivity contribution >= 4 is 19.9 Å². The van der Waals surface area contributed by atoms with Crippen LogP contribution in [0.15, 0.2) is 24.0 Å². The number of halogens is 1. The molecule has 1 aliphatic heterocycles. The van der Waals surface area contributed by atoms with Gasteiger partial charge in [0.25, 0.3) is 0 Å². The van der Waals surface area contributed by atoms with E-state index in [-0.39, 0.29) is 17.3 Å². The molecule has 0 spiro atoms. The van der Waals surface area contributed by atoms with E-state index in [0.29, 0.717) is 6.61 Å². The van der Waals surface area contributed by atoms with Crippen LogP contribution in [0.4, 0.5) is 0 Å². The maximum atomic E-state index is 11.0. The van der Waals surface area contributed by atoms with Crippen LogP contribution in [0.25, 0.3) is 0 Å². The number of hydrogen-bond acceptors (Lipinski definition) is 5. The fourth-order valence-corrected chi connectivity index (χ4v) is 2.76. The fourth-order valence-electron chi connectivity index (χ4n) is 1.47. The molecule has 0 aromatic rings. The molecule has 0 saturated heterocycles. The second-order valence-electron chi connectivity index (χ2n) is 6.36. The molecule has 1 rings (SSSR count). The van der Waals surface area contributed by atoms with E-state index in [2.05, 4.69) is 39.2 Å². The molecule has 0 saturated carbocycles. The van der Waals surface area contributed by atoms with Gasteiger partial charge in [-0.15, -0.1) is 0 Å². The molecule has 1 unspecified atom stereocenters. The number of hydrogen-bond donors (Lipinski definition) is 1. The van der Waals surface area contributed by atoms with Gasteiger partial charge in [-0.05, 0) is 24.2 Å². The molecule has 0 bridgehead atoms. The largest absolute Gasteiger partial charge is 0.414 e. The summed E-state index contributed by atoms with van der Waals surface area (Å²) in [4.78, 5) is 10.4. The molecule has 6 nitrogen and oxygen atoms in total. The van der Waals surface area contributed by atoms with Crippen LogP contribution in [-0.4, -0.2) is 31.6 Å². The zero-order valence-electron chi connectivity index (χ0n) is 13.1. The highest BCUT2D eigenvalue weighted by atomic mass is 35.5. The van der Waals surface area contributed by atoms with Crippen molar-refractivity contribution in [3.8, 4) is 0 Å². The van der Waals surface area contributed by atoms with Gasteiger partial charge in [-0.1, -0.05) is 32.4 Å². The monoisotopic (exact) mass is 334 g/mol. The lowest BCUT2D eigenvalue weighted by Crippen LogP contribution is -2.46. The Bertz CT molecular complexity index is 460. The van der Waals surface area contributed by atoms with Crippen molar-refractivity contribution in [3.63, 3.8) is 0 Å². The lowest BCUT2D eigenvalue weighted by molar-refractivity contribution is -0.442. The van der Waals surface area contributed by atoms with Crippen LogP contribution >= 0.6 is 11.6 Å². The number of nitro groups is 1. The Morgan fingerprint density at radius 1 is 1.43 bits per heavy atom. The van der Waals surface area contributed by atoms with Gasteiger partial charge < -0.3 is 14.5 Å². The third-order valence-corrected chi connectivity index (χ3v) is 8.75. The van der Waals surface area contributed by atoms with Gasteiger partial charge in [-0.25, -0.2) is 0 Å². The summed E-state index contributed by atoms with van der Waals surface area (Å²) in [6.45, 7) is 11.2. The predicted molar refractivity (Wildman–Crippen MR) is 85.0 cm³/mol. The van der Waals surface area contributed by atoms with Gasteiger partial charge in [0.2, 0.25) is 0 Å². The number of nitrogens with one attached hydrogen (secondary N) is 1. The molecule has 0 aromatic heterocycles. The number of rotatable bonds is 6. The van der Waals surface area contributed by atoms with Crippen molar-refractivity contribution in [1.29, 1.82) is 0 Å². The summed E-state index contributed by atoms with van der Waals surface area (Å²) >= 11 is 6.14. The van der Waals surface area contributed by atoms with E-state index >= 15 is 0 Å². The minimum Gasteiger partial charge on any atom is -0.414 e. The van der Waals surface area contributed by atoms with E-state index in [4.69, 9.17) is 20.8 Å². The normalized spacial score (nSPS) is 22.7. The van der Waals surface area contributed by atoms with E-state index < -0.39 is 18.4 Å². The van der Waals surface area contributed by atoms with Gasteiger partial charge in [0.1, 0.15) is 0 Å². The van der Waals surface area contributed by atoms with E-state index in [1.54, 1.807) is 0 Å². The van der Waals surface area contributed by atoms with Crippen LogP contribution in [0.2, 0.25) is 18.1 Å². The maximum absolute atomic E-state index is 11.0. The maximum Gasteiger partial charge on any atom is 0.315 e. The molecule has 8 heteroatoms. The summed E-state index contributed by atoms with van der Waals surface area (Å²) in [5.41, 5.74) is -0.237. The van der Waals surface area contributed by atoms with Gasteiger partial charge in [-0.3, -0.25) is 10.1 Å². The zero-order valence-corrected chi connectivity index (χ0v) is 14.9. The first-order chi connectivity index (χ1) is 9.50. The third kappa shape index (κ3) is 4.54. The first kappa shape index (κ1) is 18.2. The van der Waals surface area contributed by atoms with Gasteiger partial charge in [0, 0.05) is 12.3 Å². The number of allylic oxidation sites excluding steroid dienone is 2. The lowest BCUT2D eigenvalue weighted by atomic mass is 10.2. The molecule has 1 atom stereocenters. The second-order valence-corrected chi connectivity index (χ2v) is 11.7. The number of ether oxygens (including phenoxy) is 1. The Labute approximate surface area is 131 Å². The molecule has 0 fully saturated rings. The van der Waals surface area contributed by atoms with E-state index in [1.165, 1.54) is 18.4 Å². The molecule has 0 radical (unpaired) electrons. The Kier molecular flexibility index (Phi) is 5.60. The number of alkyl halides is 1. The highest BCUT2D eigenvalue weighted by Gasteiger charge is 2.43. The summed E-state index contributed by atoms with van der Waals surface area (Å²) in [6, 6.07) is 0. The Morgan fingerprint density at radius 3 is 2.57 bits per heavy atom. The van der Waals surface area contributed by atoms with Crippen molar-refractivity contribution in [2.75, 3.05) is 13.2 Å². The highest BCUT2D eigenvalue weighted by molar-refractivity contribution is 6.74. The highest BCUT2D eigenvalue weighted by Crippen LogP contribution is 2.36. The SMILES string of the molecule is CC(C)(C)[Si](C)(C)OCCOC1(Cl)NC=CC=C1[N+](=O)[O-]. The van der Waals surface area contributed by atoms with Crippen molar-refractivity contribution in [2.24, 2.45) is 0 Å². The Balaban J connectivity index is 2.54. The van der Waals surface area contributed by atoms with Crippen LogP contribution in [0, 0.1) is 10.1 Å². The lowest BCUT2D eigenvalue weighted by Gasteiger charge is -2.36. The van der Waals surface area contributed by atoms with Crippen LogP contribution in [-0.2, 0) is 9.16 Å². The molecule has 0 aromatic carbocycles. The van der Waals surface area contributed by atoms with E-state index in [0.717, 1.165) is 0 Å². The summed E-state index contributed by atoms with van der Waals surface area (Å²) < 4.78 is 11.4. The van der Waals surface area contributed by atoms with Gasteiger partial charge in [0.05, 0.1) is 18.1 Å². The molecule has 1 aliphatic rings. The quantitative estimate of drug-likeness (QED) is 0.202. The van der Waals surface area contributed by atoms with E-state index in [1.807, 2.05) is 0 Å². The average molecular weight is 335 g/mol. The van der Waals surface area contributed by atoms with Crippen LogP contribution in [0.5, 0.6) is 0 Å². The summed E-state index contributed by atoms with van der Waals surface area (Å²) in [5, 5.41) is 12.1. The third-order valence-electron chi connectivity index (χ3n) is 3.80. The first-order valence-corrected chi connectivity index (χ1v) is 10.0. The molecule has 21 heavy (non-hydrogen) atoms. The van der Waals surface area contributed by atoms with Gasteiger partial charge >= 0.3 is 10.9 Å². The Morgan fingerprint density at radius 2 is 2.05 bits per heavy atom. The molecule has 1 heterocycles. The minimum atomic E-state index is -1.86. The van der Waals surface area contributed by atoms with Crippen LogP contribution in [0.1, 0.15) is 20.8 Å². The predicted octanol–water partition coefficient (Wildman–Crippen LogP) is 3.19.